The number of hydrogen-bond acceptors (Lipinski definition) is 3. The van der Waals surface area contributed by atoms with Crippen LogP contribution in [-0.4, -0.2) is 9.97 Å². The lowest BCUT2D eigenvalue weighted by Crippen LogP contribution is -1.92. The predicted molar refractivity (Wildman–Crippen MR) is 70.6 cm³/mol. The molecule has 1 aromatic heterocycles. The number of ether oxygens (including phenoxy) is 1. The Morgan fingerprint density at radius 1 is 1.35 bits per heavy atom. The van der Waals surface area contributed by atoms with E-state index in [1.807, 2.05) is 18.2 Å². The van der Waals surface area contributed by atoms with Gasteiger partial charge in [0, 0.05) is 0 Å². The van der Waals surface area contributed by atoms with Crippen LogP contribution in [-0.2, 0) is 6.42 Å². The molecule has 0 radical (unpaired) electrons. The van der Waals surface area contributed by atoms with E-state index in [0.29, 0.717) is 15.5 Å². The second-order valence-electron chi connectivity index (χ2n) is 3.39. The van der Waals surface area contributed by atoms with E-state index in [2.05, 4.69) is 38.9 Å². The molecule has 0 spiro atoms. The lowest BCUT2D eigenvalue weighted by Gasteiger charge is -2.07. The van der Waals surface area contributed by atoms with Crippen molar-refractivity contribution in [3.05, 3.63) is 45.8 Å². The van der Waals surface area contributed by atoms with Crippen molar-refractivity contribution in [1.29, 1.82) is 0 Å². The summed E-state index contributed by atoms with van der Waals surface area (Å²) in [5.74, 6) is 1.15. The van der Waals surface area contributed by atoms with Gasteiger partial charge in [-0.3, -0.25) is 0 Å². The molecule has 0 saturated heterocycles. The van der Waals surface area contributed by atoms with Gasteiger partial charge >= 0.3 is 0 Å². The number of hydrogen-bond donors (Lipinski definition) is 0. The molecule has 1 aromatic carbocycles. The van der Waals surface area contributed by atoms with Crippen molar-refractivity contribution in [2.24, 2.45) is 0 Å². The first kappa shape index (κ1) is 12.3. The molecule has 0 fully saturated rings. The Bertz CT molecular complexity index is 534. The number of halogens is 2. The second kappa shape index (κ2) is 5.47. The van der Waals surface area contributed by atoms with Crippen LogP contribution in [0.4, 0.5) is 0 Å². The van der Waals surface area contributed by atoms with Crippen LogP contribution in [0.2, 0.25) is 5.15 Å². The number of aryl methyl sites for hydroxylation is 1. The summed E-state index contributed by atoms with van der Waals surface area (Å²) in [5.41, 5.74) is 1.21. The predicted octanol–water partition coefficient (Wildman–Crippen LogP) is 4.25. The maximum Gasteiger partial charge on any atom is 0.238 e. The van der Waals surface area contributed by atoms with E-state index in [1.165, 1.54) is 11.9 Å². The summed E-state index contributed by atoms with van der Waals surface area (Å²) in [7, 11) is 0. The van der Waals surface area contributed by atoms with Crippen LogP contribution in [0.3, 0.4) is 0 Å². The molecule has 2 aromatic rings. The second-order valence-corrected chi connectivity index (χ2v) is 4.54. The first-order valence-corrected chi connectivity index (χ1v) is 6.30. The summed E-state index contributed by atoms with van der Waals surface area (Å²) in [5, 5.41) is 0.335. The minimum absolute atomic E-state index is 0.335. The maximum atomic E-state index is 5.86. The largest absolute Gasteiger partial charge is 0.438 e. The first-order chi connectivity index (χ1) is 8.20. The van der Waals surface area contributed by atoms with Gasteiger partial charge in [-0.25, -0.2) is 9.97 Å². The molecule has 0 amide bonds. The van der Waals surface area contributed by atoms with E-state index in [0.717, 1.165) is 12.2 Å². The van der Waals surface area contributed by atoms with Gasteiger partial charge in [0.2, 0.25) is 5.88 Å². The average Bonchev–Trinajstić information content (AvgIpc) is 2.35. The smallest absolute Gasteiger partial charge is 0.238 e. The van der Waals surface area contributed by atoms with Gasteiger partial charge in [0.1, 0.15) is 16.5 Å². The number of nitrogens with zero attached hydrogens (tertiary/aromatic N) is 2. The molecule has 0 aliphatic carbocycles. The molecule has 0 N–H and O–H groups in total. The molecule has 0 bridgehead atoms. The highest BCUT2D eigenvalue weighted by atomic mass is 79.9. The van der Waals surface area contributed by atoms with E-state index in [1.54, 1.807) is 0 Å². The fourth-order valence-electron chi connectivity index (χ4n) is 1.35. The van der Waals surface area contributed by atoms with Crippen LogP contribution >= 0.6 is 27.5 Å². The molecular weight excluding hydrogens is 304 g/mol. The summed E-state index contributed by atoms with van der Waals surface area (Å²) in [6.45, 7) is 2.09. The Morgan fingerprint density at radius 2 is 2.18 bits per heavy atom. The summed E-state index contributed by atoms with van der Waals surface area (Å²) in [6.07, 6.45) is 2.33. The highest BCUT2D eigenvalue weighted by Gasteiger charge is 2.09. The SMILES string of the molecule is CCc1cccc(Oc2ncnc(Cl)c2Br)c1. The van der Waals surface area contributed by atoms with Crippen LogP contribution in [0.15, 0.2) is 35.1 Å². The Balaban J connectivity index is 2.28. The highest BCUT2D eigenvalue weighted by Crippen LogP contribution is 2.31. The normalized spacial score (nSPS) is 10.3. The number of aromatic nitrogens is 2. The Labute approximate surface area is 113 Å². The Kier molecular flexibility index (Phi) is 3.97. The molecule has 0 atom stereocenters. The zero-order valence-corrected chi connectivity index (χ0v) is 11.5. The van der Waals surface area contributed by atoms with Crippen LogP contribution in [0, 0.1) is 0 Å². The van der Waals surface area contributed by atoms with Crippen molar-refractivity contribution < 1.29 is 4.74 Å². The molecule has 88 valence electrons. The van der Waals surface area contributed by atoms with Crippen molar-refractivity contribution >= 4 is 27.5 Å². The van der Waals surface area contributed by atoms with Crippen molar-refractivity contribution in [1.82, 2.24) is 9.97 Å². The molecule has 5 heteroatoms. The molecule has 0 aliphatic rings. The Morgan fingerprint density at radius 3 is 2.94 bits per heavy atom. The lowest BCUT2D eigenvalue weighted by atomic mass is 10.2. The van der Waals surface area contributed by atoms with Crippen LogP contribution in [0.1, 0.15) is 12.5 Å². The molecule has 2 rings (SSSR count). The minimum atomic E-state index is 0.335. The van der Waals surface area contributed by atoms with Gasteiger partial charge in [-0.2, -0.15) is 0 Å². The zero-order valence-electron chi connectivity index (χ0n) is 9.15. The molecule has 0 aliphatic heterocycles. The zero-order chi connectivity index (χ0) is 12.3. The third-order valence-electron chi connectivity index (χ3n) is 2.24. The van der Waals surface area contributed by atoms with Gasteiger partial charge in [0.05, 0.1) is 0 Å². The van der Waals surface area contributed by atoms with Crippen LogP contribution in [0.5, 0.6) is 11.6 Å². The van der Waals surface area contributed by atoms with Crippen LogP contribution in [0.25, 0.3) is 0 Å². The van der Waals surface area contributed by atoms with E-state index in [4.69, 9.17) is 16.3 Å². The van der Waals surface area contributed by atoms with Crippen LogP contribution < -0.4 is 4.74 Å². The summed E-state index contributed by atoms with van der Waals surface area (Å²) in [4.78, 5) is 7.87. The third kappa shape index (κ3) is 2.96. The van der Waals surface area contributed by atoms with Gasteiger partial charge in [-0.15, -0.1) is 0 Å². The fraction of sp³-hybridized carbons (Fsp3) is 0.167. The van der Waals surface area contributed by atoms with Gasteiger partial charge in [-0.05, 0) is 40.0 Å². The third-order valence-corrected chi connectivity index (χ3v) is 3.47. The van der Waals surface area contributed by atoms with E-state index < -0.39 is 0 Å². The minimum Gasteiger partial charge on any atom is -0.438 e. The average molecular weight is 314 g/mol. The quantitative estimate of drug-likeness (QED) is 0.795. The topological polar surface area (TPSA) is 35.0 Å². The van der Waals surface area contributed by atoms with Crippen molar-refractivity contribution in [3.63, 3.8) is 0 Å². The van der Waals surface area contributed by atoms with Gasteiger partial charge in [0.15, 0.2) is 5.15 Å². The molecule has 0 unspecified atom stereocenters. The number of benzene rings is 1. The fourth-order valence-corrected chi connectivity index (χ4v) is 1.76. The summed E-state index contributed by atoms with van der Waals surface area (Å²) in [6, 6.07) is 7.85. The molecular formula is C12H10BrClN2O. The first-order valence-electron chi connectivity index (χ1n) is 5.13. The van der Waals surface area contributed by atoms with Crippen molar-refractivity contribution in [3.8, 4) is 11.6 Å². The van der Waals surface area contributed by atoms with Crippen molar-refractivity contribution in [2.45, 2.75) is 13.3 Å². The van der Waals surface area contributed by atoms with E-state index in [-0.39, 0.29) is 0 Å². The van der Waals surface area contributed by atoms with E-state index in [9.17, 15) is 0 Å². The highest BCUT2D eigenvalue weighted by molar-refractivity contribution is 9.10. The summed E-state index contributed by atoms with van der Waals surface area (Å²) < 4.78 is 6.21. The molecule has 0 saturated carbocycles. The van der Waals surface area contributed by atoms with Gasteiger partial charge in [0.25, 0.3) is 0 Å². The van der Waals surface area contributed by atoms with Gasteiger partial charge < -0.3 is 4.74 Å². The summed E-state index contributed by atoms with van der Waals surface area (Å²) >= 11 is 9.15. The van der Waals surface area contributed by atoms with Gasteiger partial charge in [-0.1, -0.05) is 30.7 Å². The van der Waals surface area contributed by atoms with Crippen molar-refractivity contribution in [2.75, 3.05) is 0 Å². The Hall–Kier alpha value is -1.13. The maximum absolute atomic E-state index is 5.86. The lowest BCUT2D eigenvalue weighted by molar-refractivity contribution is 0.457. The monoisotopic (exact) mass is 312 g/mol. The standard InChI is InChI=1S/C12H10BrClN2O/c1-2-8-4-3-5-9(6-8)17-12-10(13)11(14)15-7-16-12/h3-7H,2H2,1H3. The molecule has 1 heterocycles. The molecule has 17 heavy (non-hydrogen) atoms. The van der Waals surface area contributed by atoms with E-state index >= 15 is 0 Å². The number of rotatable bonds is 3. The molecule has 3 nitrogen and oxygen atoms in total.